The van der Waals surface area contributed by atoms with Gasteiger partial charge in [-0.2, -0.15) is 0 Å². The number of likely N-dealkylation sites (N-methyl/N-ethyl adjacent to an activating group) is 1. The number of nitrogens with one attached hydrogen (secondary N) is 1. The molecular formula is C18H30N4O. The number of nitrogens with zero attached hydrogens (tertiary/aromatic N) is 3. The molecule has 1 aliphatic heterocycles. The second kappa shape index (κ2) is 8.89. The summed E-state index contributed by atoms with van der Waals surface area (Å²) in [5, 5.41) is 3.37. The van der Waals surface area contributed by atoms with E-state index in [2.05, 4.69) is 67.3 Å². The first-order valence-electron chi connectivity index (χ1n) is 8.43. The number of hydrogen-bond acceptors (Lipinski definition) is 3. The molecule has 2 rings (SSSR count). The van der Waals surface area contributed by atoms with E-state index in [0.29, 0.717) is 6.54 Å². The first kappa shape index (κ1) is 17.8. The van der Waals surface area contributed by atoms with Crippen LogP contribution in [0.1, 0.15) is 18.1 Å². The molecule has 0 amide bonds. The third kappa shape index (κ3) is 5.84. The summed E-state index contributed by atoms with van der Waals surface area (Å²) in [6.07, 6.45) is 0.190. The molecular weight excluding hydrogens is 288 g/mol. The largest absolute Gasteiger partial charge is 0.374 e. The van der Waals surface area contributed by atoms with Gasteiger partial charge >= 0.3 is 0 Å². The molecule has 0 aliphatic carbocycles. The lowest BCUT2D eigenvalue weighted by Crippen LogP contribution is -2.43. The predicted octanol–water partition coefficient (Wildman–Crippen LogP) is 1.72. The van der Waals surface area contributed by atoms with Crippen LogP contribution in [0.2, 0.25) is 0 Å². The van der Waals surface area contributed by atoms with E-state index in [0.717, 1.165) is 38.7 Å². The molecule has 0 spiro atoms. The van der Waals surface area contributed by atoms with E-state index in [1.165, 1.54) is 11.1 Å². The Bertz CT molecular complexity index is 500. The lowest BCUT2D eigenvalue weighted by molar-refractivity contribution is -0.0137. The summed E-state index contributed by atoms with van der Waals surface area (Å²) in [4.78, 5) is 9.23. The van der Waals surface area contributed by atoms with Crippen molar-refractivity contribution in [3.05, 3.63) is 35.4 Å². The van der Waals surface area contributed by atoms with Crippen molar-refractivity contribution >= 4 is 5.96 Å². The van der Waals surface area contributed by atoms with Gasteiger partial charge in [-0.3, -0.25) is 4.99 Å². The molecule has 1 aromatic rings. The number of ether oxygens (including phenoxy) is 1. The van der Waals surface area contributed by atoms with Gasteiger partial charge in [-0.15, -0.1) is 0 Å². The number of morpholine rings is 1. The van der Waals surface area contributed by atoms with Crippen molar-refractivity contribution in [3.8, 4) is 0 Å². The third-order valence-electron chi connectivity index (χ3n) is 4.02. The van der Waals surface area contributed by atoms with Crippen LogP contribution in [-0.4, -0.2) is 68.7 Å². The normalized spacial score (nSPS) is 19.7. The fraction of sp³-hybridized carbons (Fsp3) is 0.611. The van der Waals surface area contributed by atoms with Crippen LogP contribution in [0.25, 0.3) is 0 Å². The number of benzene rings is 1. The summed E-state index contributed by atoms with van der Waals surface area (Å²) in [5.41, 5.74) is 2.58. The van der Waals surface area contributed by atoms with E-state index in [9.17, 15) is 0 Å². The average molecular weight is 318 g/mol. The molecule has 5 nitrogen and oxygen atoms in total. The smallest absolute Gasteiger partial charge is 0.194 e. The molecule has 1 aliphatic rings. The van der Waals surface area contributed by atoms with Crippen LogP contribution in [0.15, 0.2) is 29.3 Å². The van der Waals surface area contributed by atoms with Crippen LogP contribution in [0.3, 0.4) is 0 Å². The van der Waals surface area contributed by atoms with Crippen molar-refractivity contribution in [1.29, 1.82) is 0 Å². The summed E-state index contributed by atoms with van der Waals surface area (Å²) >= 11 is 0. The van der Waals surface area contributed by atoms with Crippen LogP contribution in [0, 0.1) is 6.92 Å². The van der Waals surface area contributed by atoms with Crippen LogP contribution in [0.4, 0.5) is 0 Å². The second-order valence-corrected chi connectivity index (χ2v) is 6.29. The molecule has 0 aromatic heterocycles. The number of rotatable bonds is 5. The molecule has 5 heteroatoms. The minimum Gasteiger partial charge on any atom is -0.374 e. The molecule has 128 valence electrons. The van der Waals surface area contributed by atoms with Crippen molar-refractivity contribution in [2.75, 3.05) is 46.9 Å². The van der Waals surface area contributed by atoms with Gasteiger partial charge in [-0.05, 0) is 26.5 Å². The van der Waals surface area contributed by atoms with Crippen molar-refractivity contribution in [1.82, 2.24) is 15.1 Å². The monoisotopic (exact) mass is 318 g/mol. The molecule has 0 bridgehead atoms. The van der Waals surface area contributed by atoms with Crippen molar-refractivity contribution in [2.24, 2.45) is 4.99 Å². The summed E-state index contributed by atoms with van der Waals surface area (Å²) in [6, 6.07) is 8.65. The van der Waals surface area contributed by atoms with Gasteiger partial charge in [0.15, 0.2) is 5.96 Å². The van der Waals surface area contributed by atoms with Crippen LogP contribution in [-0.2, 0) is 11.3 Å². The summed E-state index contributed by atoms with van der Waals surface area (Å²) in [5.74, 6) is 0.935. The molecule has 0 radical (unpaired) electrons. The summed E-state index contributed by atoms with van der Waals surface area (Å²) in [6.45, 7) is 9.37. The maximum atomic E-state index is 5.79. The van der Waals surface area contributed by atoms with E-state index < -0.39 is 0 Å². The molecule has 1 aromatic carbocycles. The zero-order valence-electron chi connectivity index (χ0n) is 14.9. The Hall–Kier alpha value is -1.59. The van der Waals surface area contributed by atoms with Gasteiger partial charge in [0.1, 0.15) is 0 Å². The predicted molar refractivity (Wildman–Crippen MR) is 95.9 cm³/mol. The SMILES string of the molecule is CCNC(=NCC1CN(C)CCO1)N(C)Cc1ccc(C)cc1. The molecule has 1 heterocycles. The van der Waals surface area contributed by atoms with Crippen LogP contribution in [0.5, 0.6) is 0 Å². The number of hydrogen-bond donors (Lipinski definition) is 1. The molecule has 1 saturated heterocycles. The fourth-order valence-electron chi connectivity index (χ4n) is 2.68. The summed E-state index contributed by atoms with van der Waals surface area (Å²) < 4.78 is 5.79. The molecule has 1 N–H and O–H groups in total. The Morgan fingerprint density at radius 1 is 1.39 bits per heavy atom. The van der Waals surface area contributed by atoms with E-state index in [1.807, 2.05) is 0 Å². The zero-order valence-corrected chi connectivity index (χ0v) is 14.9. The van der Waals surface area contributed by atoms with E-state index in [-0.39, 0.29) is 6.10 Å². The average Bonchev–Trinajstić information content (AvgIpc) is 2.53. The van der Waals surface area contributed by atoms with Gasteiger partial charge < -0.3 is 19.9 Å². The number of guanidine groups is 1. The number of aryl methyl sites for hydroxylation is 1. The van der Waals surface area contributed by atoms with Crippen LogP contribution >= 0.6 is 0 Å². The quantitative estimate of drug-likeness (QED) is 0.663. The maximum Gasteiger partial charge on any atom is 0.194 e. The van der Waals surface area contributed by atoms with Gasteiger partial charge in [0.2, 0.25) is 0 Å². The Kier molecular flexibility index (Phi) is 6.86. The van der Waals surface area contributed by atoms with Crippen LogP contribution < -0.4 is 5.32 Å². The zero-order chi connectivity index (χ0) is 16.7. The standard InChI is InChI=1S/C18H30N4O/c1-5-19-18(20-12-17-14-21(3)10-11-23-17)22(4)13-16-8-6-15(2)7-9-16/h6-9,17H,5,10-14H2,1-4H3,(H,19,20). The first-order valence-corrected chi connectivity index (χ1v) is 8.43. The lowest BCUT2D eigenvalue weighted by Gasteiger charge is -2.29. The highest BCUT2D eigenvalue weighted by Gasteiger charge is 2.17. The number of aliphatic imine (C=N–C) groups is 1. The highest BCUT2D eigenvalue weighted by molar-refractivity contribution is 5.79. The molecule has 1 fully saturated rings. The fourth-order valence-corrected chi connectivity index (χ4v) is 2.68. The minimum atomic E-state index is 0.190. The lowest BCUT2D eigenvalue weighted by atomic mass is 10.1. The van der Waals surface area contributed by atoms with Gasteiger partial charge in [-0.1, -0.05) is 29.8 Å². The van der Waals surface area contributed by atoms with Crippen molar-refractivity contribution in [3.63, 3.8) is 0 Å². The summed E-state index contributed by atoms with van der Waals surface area (Å²) in [7, 11) is 4.21. The van der Waals surface area contributed by atoms with Gasteiger partial charge in [0.05, 0.1) is 19.3 Å². The first-order chi connectivity index (χ1) is 11.1. The molecule has 1 unspecified atom stereocenters. The Labute approximate surface area is 140 Å². The topological polar surface area (TPSA) is 40.1 Å². The maximum absolute atomic E-state index is 5.79. The molecule has 0 saturated carbocycles. The van der Waals surface area contributed by atoms with Crippen molar-refractivity contribution < 1.29 is 4.74 Å². The van der Waals surface area contributed by atoms with E-state index in [4.69, 9.17) is 9.73 Å². The van der Waals surface area contributed by atoms with E-state index >= 15 is 0 Å². The van der Waals surface area contributed by atoms with Gasteiger partial charge in [0, 0.05) is 33.2 Å². The van der Waals surface area contributed by atoms with Gasteiger partial charge in [0.25, 0.3) is 0 Å². The van der Waals surface area contributed by atoms with E-state index in [1.54, 1.807) is 0 Å². The molecule has 23 heavy (non-hydrogen) atoms. The van der Waals surface area contributed by atoms with Crippen molar-refractivity contribution in [2.45, 2.75) is 26.5 Å². The van der Waals surface area contributed by atoms with Gasteiger partial charge in [-0.25, -0.2) is 0 Å². The highest BCUT2D eigenvalue weighted by atomic mass is 16.5. The Balaban J connectivity index is 1.95. The Morgan fingerprint density at radius 3 is 2.78 bits per heavy atom. The second-order valence-electron chi connectivity index (χ2n) is 6.29. The third-order valence-corrected chi connectivity index (χ3v) is 4.02. The molecule has 1 atom stereocenters. The Morgan fingerprint density at radius 2 is 2.13 bits per heavy atom. The highest BCUT2D eigenvalue weighted by Crippen LogP contribution is 2.07. The minimum absolute atomic E-state index is 0.190.